The Bertz CT molecular complexity index is 1340. The molecule has 6 heterocycles. The number of thiophene rings is 1. The summed E-state index contributed by atoms with van der Waals surface area (Å²) in [5.74, 6) is 2.58. The maximum atomic E-state index is 6.21. The summed E-state index contributed by atoms with van der Waals surface area (Å²) >= 11 is 1.64. The average molecular weight is 446 g/mol. The molecular formula is C22H19N7O2S. The molecule has 10 heteroatoms. The molecule has 0 aliphatic carbocycles. The Hall–Kier alpha value is -3.76. The minimum Gasteiger partial charge on any atom is -0.450 e. The Morgan fingerprint density at radius 1 is 1.03 bits per heavy atom. The van der Waals surface area contributed by atoms with E-state index in [1.54, 1.807) is 23.7 Å². The van der Waals surface area contributed by atoms with Crippen molar-refractivity contribution >= 4 is 40.0 Å². The highest BCUT2D eigenvalue weighted by molar-refractivity contribution is 7.08. The fourth-order valence-electron chi connectivity index (χ4n) is 3.68. The highest BCUT2D eigenvalue weighted by Gasteiger charge is 2.21. The number of aromatic nitrogens is 5. The second kappa shape index (κ2) is 8.06. The molecule has 160 valence electrons. The molecular weight excluding hydrogens is 426 g/mol. The van der Waals surface area contributed by atoms with E-state index in [2.05, 4.69) is 30.8 Å². The lowest BCUT2D eigenvalue weighted by molar-refractivity contribution is 0.122. The number of rotatable bonds is 5. The van der Waals surface area contributed by atoms with Crippen molar-refractivity contribution in [2.45, 2.75) is 0 Å². The minimum atomic E-state index is 0.462. The van der Waals surface area contributed by atoms with Gasteiger partial charge in [0.1, 0.15) is 11.3 Å². The molecule has 32 heavy (non-hydrogen) atoms. The van der Waals surface area contributed by atoms with Crippen LogP contribution in [-0.4, -0.2) is 51.5 Å². The number of hydrogen-bond donors (Lipinski definition) is 2. The normalized spacial score (nSPS) is 14.2. The summed E-state index contributed by atoms with van der Waals surface area (Å²) in [4.78, 5) is 15.7. The standard InChI is InChI=1S/C22H19N7O2S/c1-4-23-5-2-14(1)18-11-17-20(31-18)21(29-6-8-30-9-7-29)26-22(24-17)25-19-12-16(27-28-19)15-3-10-32-13-15/h1-5,10-13H,6-9H2,(H2,24,25,26,27,28). The van der Waals surface area contributed by atoms with Crippen LogP contribution >= 0.6 is 11.3 Å². The average Bonchev–Trinajstić information content (AvgIpc) is 3.60. The lowest BCUT2D eigenvalue weighted by Crippen LogP contribution is -2.37. The summed E-state index contributed by atoms with van der Waals surface area (Å²) in [6.07, 6.45) is 3.49. The van der Waals surface area contributed by atoms with E-state index in [1.807, 2.05) is 35.7 Å². The van der Waals surface area contributed by atoms with Crippen molar-refractivity contribution in [3.05, 3.63) is 53.5 Å². The van der Waals surface area contributed by atoms with Crippen LogP contribution in [0.1, 0.15) is 0 Å². The van der Waals surface area contributed by atoms with Gasteiger partial charge in [0.15, 0.2) is 17.2 Å². The largest absolute Gasteiger partial charge is 0.450 e. The van der Waals surface area contributed by atoms with Crippen LogP contribution in [0.2, 0.25) is 0 Å². The summed E-state index contributed by atoms with van der Waals surface area (Å²) in [6, 6.07) is 9.75. The van der Waals surface area contributed by atoms with E-state index in [0.717, 1.165) is 47.0 Å². The van der Waals surface area contributed by atoms with Gasteiger partial charge in [-0.25, -0.2) is 4.98 Å². The molecule has 9 nitrogen and oxygen atoms in total. The van der Waals surface area contributed by atoms with Crippen LogP contribution in [0.15, 0.2) is 57.9 Å². The van der Waals surface area contributed by atoms with Crippen LogP contribution in [0.25, 0.3) is 33.7 Å². The van der Waals surface area contributed by atoms with Crippen molar-refractivity contribution in [2.75, 3.05) is 36.5 Å². The first-order valence-corrected chi connectivity index (χ1v) is 11.2. The van der Waals surface area contributed by atoms with Crippen molar-refractivity contribution < 1.29 is 9.15 Å². The van der Waals surface area contributed by atoms with Gasteiger partial charge in [-0.05, 0) is 23.6 Å². The van der Waals surface area contributed by atoms with E-state index in [4.69, 9.17) is 19.1 Å². The number of nitrogens with one attached hydrogen (secondary N) is 2. The minimum absolute atomic E-state index is 0.462. The first-order valence-electron chi connectivity index (χ1n) is 10.2. The molecule has 2 N–H and O–H groups in total. The Labute approximate surface area is 187 Å². The number of nitrogens with zero attached hydrogens (tertiary/aromatic N) is 5. The smallest absolute Gasteiger partial charge is 0.231 e. The molecule has 0 saturated carbocycles. The molecule has 1 aliphatic rings. The van der Waals surface area contributed by atoms with Gasteiger partial charge in [-0.1, -0.05) is 0 Å². The zero-order valence-electron chi connectivity index (χ0n) is 17.0. The topological polar surface area (TPSA) is 105 Å². The molecule has 6 rings (SSSR count). The highest BCUT2D eigenvalue weighted by Crippen LogP contribution is 2.34. The summed E-state index contributed by atoms with van der Waals surface area (Å²) in [6.45, 7) is 2.77. The molecule has 0 amide bonds. The maximum Gasteiger partial charge on any atom is 0.231 e. The van der Waals surface area contributed by atoms with Gasteiger partial charge >= 0.3 is 0 Å². The number of morpholine rings is 1. The number of furan rings is 1. The molecule has 0 atom stereocenters. The third-order valence-corrected chi connectivity index (χ3v) is 5.96. The molecule has 5 aromatic rings. The van der Waals surface area contributed by atoms with Crippen molar-refractivity contribution in [2.24, 2.45) is 0 Å². The van der Waals surface area contributed by atoms with E-state index in [-0.39, 0.29) is 0 Å². The summed E-state index contributed by atoms with van der Waals surface area (Å²) in [5, 5.41) is 14.8. The van der Waals surface area contributed by atoms with E-state index < -0.39 is 0 Å². The van der Waals surface area contributed by atoms with E-state index in [0.29, 0.717) is 30.6 Å². The van der Waals surface area contributed by atoms with Crippen molar-refractivity contribution in [1.29, 1.82) is 0 Å². The molecule has 0 radical (unpaired) electrons. The Morgan fingerprint density at radius 2 is 1.91 bits per heavy atom. The van der Waals surface area contributed by atoms with E-state index >= 15 is 0 Å². The maximum absolute atomic E-state index is 6.21. The lowest BCUT2D eigenvalue weighted by Gasteiger charge is -2.27. The third-order valence-electron chi connectivity index (χ3n) is 5.28. The fraction of sp³-hybridized carbons (Fsp3) is 0.182. The Morgan fingerprint density at radius 3 is 2.72 bits per heavy atom. The van der Waals surface area contributed by atoms with Crippen LogP contribution in [0.4, 0.5) is 17.6 Å². The second-order valence-corrected chi connectivity index (χ2v) is 8.12. The molecule has 1 aliphatic heterocycles. The Balaban J connectivity index is 1.40. The molecule has 5 aromatic heterocycles. The van der Waals surface area contributed by atoms with Gasteiger partial charge in [-0.15, -0.1) is 0 Å². The Kier molecular flexibility index (Phi) is 4.78. The molecule has 1 saturated heterocycles. The molecule has 1 fully saturated rings. The van der Waals surface area contributed by atoms with Gasteiger partial charge in [0, 0.05) is 54.1 Å². The molecule has 0 spiro atoms. The number of pyridine rings is 1. The molecule has 0 aromatic carbocycles. The number of ether oxygens (including phenoxy) is 1. The number of hydrogen-bond acceptors (Lipinski definition) is 9. The quantitative estimate of drug-likeness (QED) is 0.412. The van der Waals surface area contributed by atoms with Gasteiger partial charge in [0.2, 0.25) is 5.95 Å². The lowest BCUT2D eigenvalue weighted by atomic mass is 10.2. The number of aromatic amines is 1. The van der Waals surface area contributed by atoms with Gasteiger partial charge in [0.05, 0.1) is 18.9 Å². The van der Waals surface area contributed by atoms with Crippen molar-refractivity contribution in [3.8, 4) is 22.6 Å². The zero-order chi connectivity index (χ0) is 21.3. The first-order chi connectivity index (χ1) is 15.8. The van der Waals surface area contributed by atoms with Gasteiger partial charge in [-0.3, -0.25) is 10.1 Å². The van der Waals surface area contributed by atoms with Crippen LogP contribution < -0.4 is 10.2 Å². The van der Waals surface area contributed by atoms with Crippen molar-refractivity contribution in [3.63, 3.8) is 0 Å². The first kappa shape index (κ1) is 19.0. The summed E-state index contributed by atoms with van der Waals surface area (Å²) < 4.78 is 11.7. The van der Waals surface area contributed by atoms with E-state index in [1.165, 1.54) is 0 Å². The summed E-state index contributed by atoms with van der Waals surface area (Å²) in [7, 11) is 0. The number of anilines is 3. The van der Waals surface area contributed by atoms with Crippen molar-refractivity contribution in [1.82, 2.24) is 25.1 Å². The van der Waals surface area contributed by atoms with Gasteiger partial charge in [-0.2, -0.15) is 21.4 Å². The SMILES string of the molecule is c1cc(-c2cc3nc(Nc4cc(-c5ccsc5)[nH]n4)nc(N4CCOCC4)c3o2)ccn1. The van der Waals surface area contributed by atoms with E-state index in [9.17, 15) is 0 Å². The second-order valence-electron chi connectivity index (χ2n) is 7.34. The predicted octanol–water partition coefficient (Wildman–Crippen LogP) is 4.32. The third kappa shape index (κ3) is 3.59. The van der Waals surface area contributed by atoms with Crippen LogP contribution in [0, 0.1) is 0 Å². The number of H-pyrrole nitrogens is 1. The zero-order valence-corrected chi connectivity index (χ0v) is 17.8. The monoisotopic (exact) mass is 445 g/mol. The van der Waals surface area contributed by atoms with Crippen LogP contribution in [0.3, 0.4) is 0 Å². The van der Waals surface area contributed by atoms with Gasteiger partial charge in [0.25, 0.3) is 0 Å². The van der Waals surface area contributed by atoms with Gasteiger partial charge < -0.3 is 19.4 Å². The highest BCUT2D eigenvalue weighted by atomic mass is 32.1. The molecule has 0 bridgehead atoms. The predicted molar refractivity (Wildman–Crippen MR) is 123 cm³/mol. The summed E-state index contributed by atoms with van der Waals surface area (Å²) in [5.41, 5.74) is 4.35. The molecule has 0 unspecified atom stereocenters. The van der Waals surface area contributed by atoms with Crippen LogP contribution in [-0.2, 0) is 4.74 Å². The fourth-order valence-corrected chi connectivity index (χ4v) is 4.34. The number of fused-ring (bicyclic) bond motifs is 1. The van der Waals surface area contributed by atoms with Crippen LogP contribution in [0.5, 0.6) is 0 Å².